The second kappa shape index (κ2) is 7.94. The molecule has 0 aliphatic heterocycles. The summed E-state index contributed by atoms with van der Waals surface area (Å²) in [6.45, 7) is 1.82. The van der Waals surface area contributed by atoms with E-state index in [9.17, 15) is 9.18 Å². The Balaban J connectivity index is 1.42. The van der Waals surface area contributed by atoms with Gasteiger partial charge in [-0.25, -0.2) is 9.37 Å². The molecule has 1 aliphatic carbocycles. The van der Waals surface area contributed by atoms with E-state index >= 15 is 0 Å². The van der Waals surface area contributed by atoms with Crippen molar-refractivity contribution < 1.29 is 13.7 Å². The first-order valence-corrected chi connectivity index (χ1v) is 10.3. The Hall–Kier alpha value is -3.55. The number of aromatic nitrogens is 4. The smallest absolute Gasteiger partial charge is 0.272 e. The van der Waals surface area contributed by atoms with Gasteiger partial charge in [-0.05, 0) is 62.2 Å². The number of rotatable bonds is 5. The predicted molar refractivity (Wildman–Crippen MR) is 112 cm³/mol. The second-order valence-corrected chi connectivity index (χ2v) is 7.77. The van der Waals surface area contributed by atoms with Gasteiger partial charge < -0.3 is 13.8 Å². The number of aryl methyl sites for hydroxylation is 1. The van der Waals surface area contributed by atoms with Crippen LogP contribution in [0.15, 0.2) is 51.8 Å². The van der Waals surface area contributed by atoms with Crippen LogP contribution in [-0.2, 0) is 6.61 Å². The van der Waals surface area contributed by atoms with E-state index in [1.54, 1.807) is 6.92 Å². The summed E-state index contributed by atoms with van der Waals surface area (Å²) in [4.78, 5) is 21.7. The summed E-state index contributed by atoms with van der Waals surface area (Å²) in [6, 6.07) is 11.6. The van der Waals surface area contributed by atoms with Crippen molar-refractivity contribution in [3.63, 3.8) is 0 Å². The standard InChI is InChI=1S/C23H21FN4O3/c1-14-23(29)28(17-4-2-3-5-17)20-11-6-15(12-19(20)25-14)22-26-21(31-27-22)13-30-18-9-7-16(24)8-10-18/h6-12,17H,2-5,13H2,1H3. The molecule has 0 amide bonds. The zero-order valence-corrected chi connectivity index (χ0v) is 17.0. The number of hydrogen-bond acceptors (Lipinski definition) is 6. The second-order valence-electron chi connectivity index (χ2n) is 7.77. The Labute approximate surface area is 177 Å². The van der Waals surface area contributed by atoms with E-state index in [2.05, 4.69) is 15.1 Å². The lowest BCUT2D eigenvalue weighted by Crippen LogP contribution is -2.26. The Bertz CT molecular complexity index is 1290. The molecular weight excluding hydrogens is 399 g/mol. The maximum Gasteiger partial charge on any atom is 0.272 e. The zero-order valence-electron chi connectivity index (χ0n) is 17.0. The van der Waals surface area contributed by atoms with Crippen molar-refractivity contribution in [2.24, 2.45) is 0 Å². The molecule has 31 heavy (non-hydrogen) atoms. The van der Waals surface area contributed by atoms with Gasteiger partial charge in [0.25, 0.3) is 11.4 Å². The summed E-state index contributed by atoms with van der Waals surface area (Å²) in [6.07, 6.45) is 4.32. The normalized spacial score (nSPS) is 14.4. The van der Waals surface area contributed by atoms with Gasteiger partial charge in [0.15, 0.2) is 6.61 Å². The van der Waals surface area contributed by atoms with Crippen LogP contribution in [-0.4, -0.2) is 19.7 Å². The van der Waals surface area contributed by atoms with Crippen molar-refractivity contribution in [2.75, 3.05) is 0 Å². The lowest BCUT2D eigenvalue weighted by atomic mass is 10.1. The number of hydrogen-bond donors (Lipinski definition) is 0. The van der Waals surface area contributed by atoms with Crippen LogP contribution in [0.2, 0.25) is 0 Å². The highest BCUT2D eigenvalue weighted by atomic mass is 19.1. The summed E-state index contributed by atoms with van der Waals surface area (Å²) in [5.74, 6) is 0.902. The maximum atomic E-state index is 13.0. The molecule has 2 aromatic carbocycles. The van der Waals surface area contributed by atoms with Gasteiger partial charge in [0.1, 0.15) is 17.3 Å². The van der Waals surface area contributed by atoms with Gasteiger partial charge in [-0.3, -0.25) is 4.79 Å². The molecule has 158 valence electrons. The first kappa shape index (κ1) is 19.4. The van der Waals surface area contributed by atoms with Crippen molar-refractivity contribution in [1.29, 1.82) is 0 Å². The van der Waals surface area contributed by atoms with Crippen LogP contribution in [0.1, 0.15) is 43.3 Å². The van der Waals surface area contributed by atoms with E-state index in [-0.39, 0.29) is 24.0 Å². The molecule has 2 aromatic heterocycles. The molecule has 0 atom stereocenters. The van der Waals surface area contributed by atoms with Crippen LogP contribution in [0.25, 0.3) is 22.4 Å². The Morgan fingerprint density at radius 2 is 1.90 bits per heavy atom. The molecule has 1 fully saturated rings. The average Bonchev–Trinajstić information content (AvgIpc) is 3.46. The Morgan fingerprint density at radius 1 is 1.13 bits per heavy atom. The van der Waals surface area contributed by atoms with Gasteiger partial charge in [0, 0.05) is 11.6 Å². The molecule has 0 radical (unpaired) electrons. The van der Waals surface area contributed by atoms with Crippen LogP contribution in [0.4, 0.5) is 4.39 Å². The van der Waals surface area contributed by atoms with E-state index in [1.165, 1.54) is 24.3 Å². The molecule has 1 aliphatic rings. The fourth-order valence-corrected chi connectivity index (χ4v) is 4.10. The fourth-order valence-electron chi connectivity index (χ4n) is 4.10. The number of fused-ring (bicyclic) bond motifs is 1. The van der Waals surface area contributed by atoms with Crippen LogP contribution >= 0.6 is 0 Å². The topological polar surface area (TPSA) is 83.0 Å². The molecule has 0 unspecified atom stereocenters. The highest BCUT2D eigenvalue weighted by Gasteiger charge is 2.22. The van der Waals surface area contributed by atoms with Crippen LogP contribution < -0.4 is 10.3 Å². The summed E-state index contributed by atoms with van der Waals surface area (Å²) in [7, 11) is 0. The SMILES string of the molecule is Cc1nc2cc(-c3noc(COc4ccc(F)cc4)n3)ccc2n(C2CCCC2)c1=O. The minimum atomic E-state index is -0.328. The highest BCUT2D eigenvalue weighted by Crippen LogP contribution is 2.31. The summed E-state index contributed by atoms with van der Waals surface area (Å²) < 4.78 is 25.7. The number of nitrogens with zero attached hydrogens (tertiary/aromatic N) is 4. The highest BCUT2D eigenvalue weighted by molar-refractivity contribution is 5.80. The average molecular weight is 420 g/mol. The molecular formula is C23H21FN4O3. The van der Waals surface area contributed by atoms with Crippen molar-refractivity contribution in [3.05, 3.63) is 70.2 Å². The van der Waals surface area contributed by atoms with E-state index in [4.69, 9.17) is 9.26 Å². The van der Waals surface area contributed by atoms with E-state index < -0.39 is 0 Å². The molecule has 1 saturated carbocycles. The third-order valence-corrected chi connectivity index (χ3v) is 5.64. The van der Waals surface area contributed by atoms with Crippen molar-refractivity contribution >= 4 is 11.0 Å². The Kier molecular flexibility index (Phi) is 4.97. The molecule has 0 bridgehead atoms. The molecule has 4 aromatic rings. The largest absolute Gasteiger partial charge is 0.484 e. The third-order valence-electron chi connectivity index (χ3n) is 5.64. The van der Waals surface area contributed by atoms with Gasteiger partial charge in [-0.1, -0.05) is 18.0 Å². The number of halogens is 1. The molecule has 0 spiro atoms. The first-order chi connectivity index (χ1) is 15.1. The predicted octanol–water partition coefficient (Wildman–Crippen LogP) is 4.59. The van der Waals surface area contributed by atoms with Gasteiger partial charge >= 0.3 is 0 Å². The van der Waals surface area contributed by atoms with Crippen LogP contribution in [0.3, 0.4) is 0 Å². The number of benzene rings is 2. The quantitative estimate of drug-likeness (QED) is 0.470. The minimum absolute atomic E-state index is 0.0214. The molecule has 7 nitrogen and oxygen atoms in total. The van der Waals surface area contributed by atoms with Crippen molar-refractivity contribution in [2.45, 2.75) is 45.3 Å². The van der Waals surface area contributed by atoms with Gasteiger partial charge in [0.2, 0.25) is 5.82 Å². The zero-order chi connectivity index (χ0) is 21.4. The molecule has 5 rings (SSSR count). The van der Waals surface area contributed by atoms with Crippen molar-refractivity contribution in [3.8, 4) is 17.1 Å². The summed E-state index contributed by atoms with van der Waals surface area (Å²) in [5, 5.41) is 4.04. The lowest BCUT2D eigenvalue weighted by Gasteiger charge is -2.17. The molecule has 0 saturated heterocycles. The maximum absolute atomic E-state index is 13.0. The Morgan fingerprint density at radius 3 is 2.68 bits per heavy atom. The van der Waals surface area contributed by atoms with E-state index in [0.29, 0.717) is 23.2 Å². The molecule has 2 heterocycles. The molecule has 8 heteroatoms. The fraction of sp³-hybridized carbons (Fsp3) is 0.304. The lowest BCUT2D eigenvalue weighted by molar-refractivity contribution is 0.242. The number of ether oxygens (including phenoxy) is 1. The van der Waals surface area contributed by atoms with Gasteiger partial charge in [0.05, 0.1) is 11.0 Å². The van der Waals surface area contributed by atoms with Gasteiger partial charge in [-0.2, -0.15) is 4.98 Å². The molecule has 0 N–H and O–H groups in total. The first-order valence-electron chi connectivity index (χ1n) is 10.3. The minimum Gasteiger partial charge on any atom is -0.484 e. The van der Waals surface area contributed by atoms with Gasteiger partial charge in [-0.15, -0.1) is 0 Å². The summed E-state index contributed by atoms with van der Waals surface area (Å²) in [5.41, 5.74) is 2.77. The van der Waals surface area contributed by atoms with Crippen LogP contribution in [0, 0.1) is 12.7 Å². The van der Waals surface area contributed by atoms with Crippen molar-refractivity contribution in [1.82, 2.24) is 19.7 Å². The van der Waals surface area contributed by atoms with E-state index in [1.807, 2.05) is 22.8 Å². The van der Waals surface area contributed by atoms with E-state index in [0.717, 1.165) is 42.3 Å². The third kappa shape index (κ3) is 3.81. The summed E-state index contributed by atoms with van der Waals surface area (Å²) >= 11 is 0. The van der Waals surface area contributed by atoms with Crippen LogP contribution in [0.5, 0.6) is 5.75 Å². The monoisotopic (exact) mass is 420 g/mol.